The number of aromatic nitrogens is 5. The lowest BCUT2D eigenvalue weighted by molar-refractivity contribution is -0.137. The molecule has 3 N–H and O–H groups in total. The minimum Gasteiger partial charge on any atom is -0.482 e. The summed E-state index contributed by atoms with van der Waals surface area (Å²) in [6.45, 7) is 1.46. The van der Waals surface area contributed by atoms with Crippen LogP contribution >= 0.6 is 0 Å². The molecule has 34 heavy (non-hydrogen) atoms. The Balaban J connectivity index is 1.60. The predicted molar refractivity (Wildman–Crippen MR) is 120 cm³/mol. The number of hydrogen-bond donors (Lipinski definition) is 2. The van der Waals surface area contributed by atoms with Gasteiger partial charge < -0.3 is 15.6 Å². The molecule has 0 radical (unpaired) electrons. The van der Waals surface area contributed by atoms with Gasteiger partial charge in [0.1, 0.15) is 24.0 Å². The summed E-state index contributed by atoms with van der Waals surface area (Å²) < 4.78 is 36.9. The van der Waals surface area contributed by atoms with Gasteiger partial charge in [-0.25, -0.2) is 18.4 Å². The van der Waals surface area contributed by atoms with Crippen molar-refractivity contribution in [3.8, 4) is 11.4 Å². The molecule has 11 heteroatoms. The summed E-state index contributed by atoms with van der Waals surface area (Å²) in [5.74, 6) is -2.49. The molecule has 0 aliphatic carbocycles. The van der Waals surface area contributed by atoms with Crippen molar-refractivity contribution in [3.05, 3.63) is 72.2 Å². The minimum absolute atomic E-state index is 0.0532. The van der Waals surface area contributed by atoms with E-state index in [4.69, 9.17) is 10.5 Å². The van der Waals surface area contributed by atoms with Crippen molar-refractivity contribution < 1.29 is 23.4 Å². The highest BCUT2D eigenvalue weighted by Crippen LogP contribution is 2.34. The molecule has 0 fully saturated rings. The van der Waals surface area contributed by atoms with Crippen LogP contribution in [0.15, 0.2) is 55.0 Å². The van der Waals surface area contributed by atoms with Crippen molar-refractivity contribution in [2.75, 3.05) is 5.73 Å². The van der Waals surface area contributed by atoms with Gasteiger partial charge in [0, 0.05) is 34.8 Å². The first-order valence-electron chi connectivity index (χ1n) is 10.2. The van der Waals surface area contributed by atoms with Gasteiger partial charge in [0.25, 0.3) is 0 Å². The molecule has 3 aromatic heterocycles. The van der Waals surface area contributed by atoms with Gasteiger partial charge >= 0.3 is 5.97 Å². The molecule has 9 nitrogen and oxygen atoms in total. The van der Waals surface area contributed by atoms with Gasteiger partial charge in [0.2, 0.25) is 0 Å². The number of aliphatic carboxylic acids is 1. The van der Waals surface area contributed by atoms with Crippen LogP contribution in [0.1, 0.15) is 18.6 Å². The summed E-state index contributed by atoms with van der Waals surface area (Å²) in [6.07, 6.45) is 4.34. The minimum atomic E-state index is -1.03. The lowest BCUT2D eigenvalue weighted by Gasteiger charge is -2.20. The lowest BCUT2D eigenvalue weighted by Crippen LogP contribution is -2.12. The van der Waals surface area contributed by atoms with E-state index in [1.807, 2.05) is 6.07 Å². The summed E-state index contributed by atoms with van der Waals surface area (Å²) in [5, 5.41) is 18.6. The molecular formula is C23H18F2N6O3. The first-order chi connectivity index (χ1) is 16.3. The molecule has 1 atom stereocenters. The molecule has 172 valence electrons. The highest BCUT2D eigenvalue weighted by Gasteiger charge is 2.20. The van der Waals surface area contributed by atoms with Gasteiger partial charge in [0.15, 0.2) is 17.4 Å². The first-order valence-corrected chi connectivity index (χ1v) is 10.2. The molecule has 0 spiro atoms. The van der Waals surface area contributed by atoms with Gasteiger partial charge in [-0.2, -0.15) is 10.2 Å². The zero-order valence-electron chi connectivity index (χ0n) is 17.8. The number of anilines is 1. The van der Waals surface area contributed by atoms with Crippen molar-refractivity contribution in [1.29, 1.82) is 0 Å². The Morgan fingerprint density at radius 2 is 2.00 bits per heavy atom. The number of pyridine rings is 1. The van der Waals surface area contributed by atoms with E-state index < -0.39 is 23.7 Å². The second-order valence-corrected chi connectivity index (χ2v) is 7.71. The zero-order chi connectivity index (χ0) is 24.0. The number of carboxylic acids is 1. The quantitative estimate of drug-likeness (QED) is 0.391. The van der Waals surface area contributed by atoms with Crippen molar-refractivity contribution in [1.82, 2.24) is 24.5 Å². The maximum atomic E-state index is 14.1. The topological polar surface area (TPSA) is 121 Å². The standard InChI is InChI=1S/C23H18F2N6O3/c1-12(34-20-7-13-5-15(24)8-17(25)22(13)29-23(20)26)16-9-18-14(10-28-31(18)11-21(32)33)6-19(16)30-4-2-3-27-30/h2-10,12H,11H2,1H3,(H2,26,29)(H,32,33). The third-order valence-electron chi connectivity index (χ3n) is 5.40. The molecule has 0 saturated heterocycles. The van der Waals surface area contributed by atoms with Crippen molar-refractivity contribution >= 4 is 33.6 Å². The number of hydrogen-bond acceptors (Lipinski definition) is 6. The number of benzene rings is 2. The Morgan fingerprint density at radius 1 is 1.18 bits per heavy atom. The Morgan fingerprint density at radius 3 is 2.74 bits per heavy atom. The van der Waals surface area contributed by atoms with Crippen LogP contribution in [-0.4, -0.2) is 35.6 Å². The monoisotopic (exact) mass is 464 g/mol. The number of nitrogens with two attached hydrogens (primary N) is 1. The number of nitrogens with zero attached hydrogens (tertiary/aromatic N) is 5. The van der Waals surface area contributed by atoms with Crippen LogP contribution in [0.3, 0.4) is 0 Å². The molecule has 5 rings (SSSR count). The third kappa shape index (κ3) is 3.76. The van der Waals surface area contributed by atoms with E-state index in [1.54, 1.807) is 42.3 Å². The highest BCUT2D eigenvalue weighted by molar-refractivity contribution is 5.84. The molecule has 0 bridgehead atoms. The van der Waals surface area contributed by atoms with Crippen LogP contribution in [0.4, 0.5) is 14.6 Å². The molecule has 0 aliphatic heterocycles. The van der Waals surface area contributed by atoms with Gasteiger partial charge in [-0.15, -0.1) is 0 Å². The summed E-state index contributed by atoms with van der Waals surface area (Å²) in [4.78, 5) is 15.3. The van der Waals surface area contributed by atoms with Gasteiger partial charge in [-0.3, -0.25) is 9.48 Å². The van der Waals surface area contributed by atoms with E-state index in [0.29, 0.717) is 16.8 Å². The average molecular weight is 464 g/mol. The first kappa shape index (κ1) is 21.3. The van der Waals surface area contributed by atoms with Crippen LogP contribution < -0.4 is 10.5 Å². The van der Waals surface area contributed by atoms with E-state index in [-0.39, 0.29) is 29.0 Å². The van der Waals surface area contributed by atoms with E-state index in [0.717, 1.165) is 17.5 Å². The predicted octanol–water partition coefficient (Wildman–Crippen LogP) is 3.86. The molecular weight excluding hydrogens is 446 g/mol. The van der Waals surface area contributed by atoms with Crippen molar-refractivity contribution in [2.24, 2.45) is 0 Å². The molecule has 0 saturated carbocycles. The van der Waals surface area contributed by atoms with Crippen LogP contribution in [0.2, 0.25) is 0 Å². The average Bonchev–Trinajstić information content (AvgIpc) is 3.44. The fraction of sp³-hybridized carbons (Fsp3) is 0.130. The normalized spacial score (nSPS) is 12.3. The highest BCUT2D eigenvalue weighted by atomic mass is 19.1. The lowest BCUT2D eigenvalue weighted by atomic mass is 10.1. The van der Waals surface area contributed by atoms with E-state index in [2.05, 4.69) is 15.2 Å². The molecule has 1 unspecified atom stereocenters. The smallest absolute Gasteiger partial charge is 0.325 e. The van der Waals surface area contributed by atoms with Crippen molar-refractivity contribution in [3.63, 3.8) is 0 Å². The Kier molecular flexibility index (Phi) is 5.08. The maximum absolute atomic E-state index is 14.1. The van der Waals surface area contributed by atoms with Gasteiger partial charge in [-0.05, 0) is 37.3 Å². The molecule has 0 amide bonds. The Hall–Kier alpha value is -4.54. The zero-order valence-corrected chi connectivity index (χ0v) is 17.8. The summed E-state index contributed by atoms with van der Waals surface area (Å²) in [6, 6.07) is 8.69. The maximum Gasteiger partial charge on any atom is 0.325 e. The number of ether oxygens (including phenoxy) is 1. The van der Waals surface area contributed by atoms with E-state index in [1.165, 1.54) is 10.7 Å². The molecule has 5 aromatic rings. The third-order valence-corrected chi connectivity index (χ3v) is 5.40. The number of halogens is 2. The number of fused-ring (bicyclic) bond motifs is 2. The van der Waals surface area contributed by atoms with Crippen LogP contribution in [0.5, 0.6) is 5.75 Å². The van der Waals surface area contributed by atoms with Crippen LogP contribution in [0.25, 0.3) is 27.5 Å². The largest absolute Gasteiger partial charge is 0.482 e. The number of carboxylic acid groups (broad SMARTS) is 1. The van der Waals surface area contributed by atoms with Gasteiger partial charge in [-0.1, -0.05) is 0 Å². The molecule has 2 aromatic carbocycles. The second-order valence-electron chi connectivity index (χ2n) is 7.71. The number of nitrogen functional groups attached to an aromatic ring is 1. The SMILES string of the molecule is CC(Oc1cc2cc(F)cc(F)c2nc1N)c1cc2c(cnn2CC(=O)O)cc1-n1cccn1. The second kappa shape index (κ2) is 8.10. The van der Waals surface area contributed by atoms with Crippen molar-refractivity contribution in [2.45, 2.75) is 19.6 Å². The number of carbonyl (C=O) groups is 1. The van der Waals surface area contributed by atoms with E-state index >= 15 is 0 Å². The Bertz CT molecular complexity index is 1550. The number of rotatable bonds is 6. The fourth-order valence-corrected chi connectivity index (χ4v) is 3.87. The van der Waals surface area contributed by atoms with E-state index in [9.17, 15) is 18.7 Å². The summed E-state index contributed by atoms with van der Waals surface area (Å²) in [7, 11) is 0. The fourth-order valence-electron chi connectivity index (χ4n) is 3.87. The summed E-state index contributed by atoms with van der Waals surface area (Å²) >= 11 is 0. The summed E-state index contributed by atoms with van der Waals surface area (Å²) in [5.41, 5.74) is 7.89. The Labute approximate surface area is 191 Å². The van der Waals surface area contributed by atoms with Gasteiger partial charge in [0.05, 0.1) is 17.4 Å². The molecule has 3 heterocycles. The molecule has 0 aliphatic rings. The van der Waals surface area contributed by atoms with Crippen LogP contribution in [0, 0.1) is 11.6 Å². The van der Waals surface area contributed by atoms with Crippen LogP contribution in [-0.2, 0) is 11.3 Å².